The molecule has 1 saturated heterocycles. The first-order chi connectivity index (χ1) is 9.87. The smallest absolute Gasteiger partial charge is 0.0613 e. The molecule has 2 rings (SSSR count). The topological polar surface area (TPSA) is 38.7 Å². The van der Waals surface area contributed by atoms with E-state index in [-0.39, 0.29) is 12.1 Å². The lowest BCUT2D eigenvalue weighted by Crippen LogP contribution is -2.57. The van der Waals surface area contributed by atoms with Crippen LogP contribution >= 0.6 is 0 Å². The van der Waals surface area contributed by atoms with E-state index in [1.165, 1.54) is 25.9 Å². The molecule has 4 atom stereocenters. The Morgan fingerprint density at radius 2 is 2.05 bits per heavy atom. The van der Waals surface area contributed by atoms with E-state index in [4.69, 9.17) is 0 Å². The number of hydrogen-bond acceptors (Lipinski definition) is 4. The lowest BCUT2D eigenvalue weighted by atomic mass is 9.78. The van der Waals surface area contributed by atoms with Crippen molar-refractivity contribution in [1.82, 2.24) is 15.1 Å². The molecular weight excluding hydrogens is 262 g/mol. The van der Waals surface area contributed by atoms with Gasteiger partial charge in [0.15, 0.2) is 0 Å². The van der Waals surface area contributed by atoms with Crippen molar-refractivity contribution in [3.63, 3.8) is 0 Å². The van der Waals surface area contributed by atoms with E-state index in [9.17, 15) is 5.11 Å². The second kappa shape index (κ2) is 6.95. The minimum atomic E-state index is -0.0590. The van der Waals surface area contributed by atoms with E-state index in [1.807, 2.05) is 0 Å². The van der Waals surface area contributed by atoms with Gasteiger partial charge in [-0.25, -0.2) is 0 Å². The van der Waals surface area contributed by atoms with Gasteiger partial charge in [-0.2, -0.15) is 0 Å². The molecule has 4 nitrogen and oxygen atoms in total. The van der Waals surface area contributed by atoms with E-state index >= 15 is 0 Å². The molecule has 0 radical (unpaired) electrons. The molecule has 1 saturated carbocycles. The van der Waals surface area contributed by atoms with Crippen LogP contribution in [0, 0.1) is 5.92 Å². The largest absolute Gasteiger partial charge is 0.394 e. The van der Waals surface area contributed by atoms with E-state index in [2.05, 4.69) is 50.0 Å². The summed E-state index contributed by atoms with van der Waals surface area (Å²) in [7, 11) is 4.40. The van der Waals surface area contributed by atoms with Gasteiger partial charge in [-0.1, -0.05) is 20.8 Å². The van der Waals surface area contributed by atoms with Gasteiger partial charge in [0, 0.05) is 36.8 Å². The fraction of sp³-hybridized carbons (Fsp3) is 1.00. The van der Waals surface area contributed by atoms with Crippen LogP contribution in [0.4, 0.5) is 0 Å². The molecule has 1 heterocycles. The normalized spacial score (nSPS) is 38.6. The average molecular weight is 297 g/mol. The maximum absolute atomic E-state index is 9.95. The van der Waals surface area contributed by atoms with Crippen molar-refractivity contribution in [2.75, 3.05) is 33.8 Å². The van der Waals surface area contributed by atoms with Gasteiger partial charge >= 0.3 is 0 Å². The number of aliphatic hydroxyl groups excluding tert-OH is 1. The third-order valence-corrected chi connectivity index (χ3v) is 5.50. The Morgan fingerprint density at radius 1 is 1.33 bits per heavy atom. The van der Waals surface area contributed by atoms with Crippen LogP contribution in [0.25, 0.3) is 0 Å². The van der Waals surface area contributed by atoms with Crippen molar-refractivity contribution >= 4 is 0 Å². The predicted octanol–water partition coefficient (Wildman–Crippen LogP) is 1.54. The molecule has 0 aromatic rings. The summed E-state index contributed by atoms with van der Waals surface area (Å²) in [5, 5.41) is 13.6. The van der Waals surface area contributed by atoms with Crippen molar-refractivity contribution in [1.29, 1.82) is 0 Å². The second-order valence-electron chi connectivity index (χ2n) is 7.95. The van der Waals surface area contributed by atoms with Crippen LogP contribution in [-0.2, 0) is 0 Å². The molecule has 4 unspecified atom stereocenters. The van der Waals surface area contributed by atoms with Gasteiger partial charge < -0.3 is 15.3 Å². The van der Waals surface area contributed by atoms with Crippen LogP contribution in [-0.4, -0.2) is 72.4 Å². The summed E-state index contributed by atoms with van der Waals surface area (Å²) < 4.78 is 0. The molecule has 0 aromatic carbocycles. The Morgan fingerprint density at radius 3 is 2.57 bits per heavy atom. The fourth-order valence-electron chi connectivity index (χ4n) is 4.53. The Bertz CT molecular complexity index is 334. The molecule has 0 spiro atoms. The van der Waals surface area contributed by atoms with Crippen molar-refractivity contribution in [2.45, 2.75) is 70.1 Å². The van der Waals surface area contributed by atoms with Crippen LogP contribution < -0.4 is 5.32 Å². The van der Waals surface area contributed by atoms with Gasteiger partial charge in [-0.05, 0) is 45.7 Å². The Kier molecular flexibility index (Phi) is 5.69. The average Bonchev–Trinajstić information content (AvgIpc) is 2.80. The van der Waals surface area contributed by atoms with Crippen LogP contribution in [0.3, 0.4) is 0 Å². The maximum Gasteiger partial charge on any atom is 0.0613 e. The highest BCUT2D eigenvalue weighted by Crippen LogP contribution is 2.34. The number of likely N-dealkylation sites (N-methyl/N-ethyl adjacent to an activating group) is 1. The maximum atomic E-state index is 9.95. The monoisotopic (exact) mass is 297 g/mol. The number of nitrogens with one attached hydrogen (secondary N) is 1. The van der Waals surface area contributed by atoms with Gasteiger partial charge in [0.25, 0.3) is 0 Å². The van der Waals surface area contributed by atoms with Crippen LogP contribution in [0.5, 0.6) is 0 Å². The lowest BCUT2D eigenvalue weighted by Gasteiger charge is -2.44. The minimum absolute atomic E-state index is 0.0590. The van der Waals surface area contributed by atoms with Crippen molar-refractivity contribution in [3.8, 4) is 0 Å². The van der Waals surface area contributed by atoms with Crippen molar-refractivity contribution in [3.05, 3.63) is 0 Å². The van der Waals surface area contributed by atoms with Gasteiger partial charge in [0.2, 0.25) is 0 Å². The minimum Gasteiger partial charge on any atom is -0.394 e. The van der Waals surface area contributed by atoms with Gasteiger partial charge in [-0.3, -0.25) is 4.90 Å². The molecule has 21 heavy (non-hydrogen) atoms. The number of nitrogens with zero attached hydrogens (tertiary/aromatic N) is 2. The van der Waals surface area contributed by atoms with Crippen molar-refractivity contribution < 1.29 is 5.11 Å². The Labute approximate surface area is 130 Å². The highest BCUT2D eigenvalue weighted by atomic mass is 16.3. The molecule has 1 aliphatic heterocycles. The molecule has 0 bridgehead atoms. The van der Waals surface area contributed by atoms with Crippen LogP contribution in [0.15, 0.2) is 0 Å². The van der Waals surface area contributed by atoms with E-state index in [0.29, 0.717) is 18.1 Å². The summed E-state index contributed by atoms with van der Waals surface area (Å²) in [6, 6.07) is 1.74. The molecule has 2 fully saturated rings. The fourth-order valence-corrected chi connectivity index (χ4v) is 4.53. The zero-order valence-electron chi connectivity index (χ0n) is 14.6. The van der Waals surface area contributed by atoms with E-state index in [0.717, 1.165) is 18.8 Å². The molecule has 1 aliphatic carbocycles. The summed E-state index contributed by atoms with van der Waals surface area (Å²) in [5.74, 6) is 0.739. The first-order valence-electron chi connectivity index (χ1n) is 8.66. The summed E-state index contributed by atoms with van der Waals surface area (Å²) >= 11 is 0. The SMILES string of the molecule is CC(C)NC1(CO)CCCC(N2CC(C)C(N(C)C)C2)C1. The van der Waals surface area contributed by atoms with Gasteiger partial charge in [-0.15, -0.1) is 0 Å². The first-order valence-corrected chi connectivity index (χ1v) is 8.66. The van der Waals surface area contributed by atoms with Crippen LogP contribution in [0.1, 0.15) is 46.5 Å². The summed E-state index contributed by atoms with van der Waals surface area (Å²) in [4.78, 5) is 5.06. The summed E-state index contributed by atoms with van der Waals surface area (Å²) in [6.07, 6.45) is 4.71. The van der Waals surface area contributed by atoms with Crippen molar-refractivity contribution in [2.24, 2.45) is 5.92 Å². The molecule has 4 heteroatoms. The quantitative estimate of drug-likeness (QED) is 0.807. The summed E-state index contributed by atoms with van der Waals surface area (Å²) in [5.41, 5.74) is -0.0590. The molecule has 2 N–H and O–H groups in total. The highest BCUT2D eigenvalue weighted by molar-refractivity contribution is 5.00. The third kappa shape index (κ3) is 3.98. The zero-order valence-corrected chi connectivity index (χ0v) is 14.6. The van der Waals surface area contributed by atoms with Crippen LogP contribution in [0.2, 0.25) is 0 Å². The van der Waals surface area contributed by atoms with Gasteiger partial charge in [0.05, 0.1) is 6.61 Å². The first kappa shape index (κ1) is 17.2. The number of rotatable bonds is 5. The lowest BCUT2D eigenvalue weighted by molar-refractivity contribution is 0.0605. The van der Waals surface area contributed by atoms with Gasteiger partial charge in [0.1, 0.15) is 0 Å². The highest BCUT2D eigenvalue weighted by Gasteiger charge is 2.41. The van der Waals surface area contributed by atoms with E-state index in [1.54, 1.807) is 0 Å². The predicted molar refractivity (Wildman–Crippen MR) is 88.6 cm³/mol. The number of likely N-dealkylation sites (tertiary alicyclic amines) is 1. The molecule has 2 aliphatic rings. The third-order valence-electron chi connectivity index (χ3n) is 5.50. The standard InChI is InChI=1S/C17H35N3O/c1-13(2)18-17(12-21)8-6-7-15(9-17)20-10-14(3)16(11-20)19(4)5/h13-16,18,21H,6-12H2,1-5H3. The Hall–Kier alpha value is -0.160. The number of aliphatic hydroxyl groups is 1. The molecule has 124 valence electrons. The molecule has 0 amide bonds. The second-order valence-corrected chi connectivity index (χ2v) is 7.95. The number of hydrogen-bond donors (Lipinski definition) is 2. The Balaban J connectivity index is 2.01. The molecular formula is C17H35N3O. The summed E-state index contributed by atoms with van der Waals surface area (Å²) in [6.45, 7) is 9.39. The molecule has 0 aromatic heterocycles. The van der Waals surface area contributed by atoms with E-state index < -0.39 is 0 Å². The zero-order chi connectivity index (χ0) is 15.6.